The molecule has 1 N–H and O–H groups in total. The summed E-state index contributed by atoms with van der Waals surface area (Å²) in [5, 5.41) is 12.8. The molecule has 2 rings (SSSR count). The number of hydrogen-bond acceptors (Lipinski definition) is 4. The molecule has 1 fully saturated rings. The molecule has 1 saturated carbocycles. The number of halogens is 1. The maximum Gasteiger partial charge on any atom is 0.235 e. The van der Waals surface area contributed by atoms with Crippen LogP contribution in [0.3, 0.4) is 0 Å². The van der Waals surface area contributed by atoms with Gasteiger partial charge in [0.15, 0.2) is 0 Å². The summed E-state index contributed by atoms with van der Waals surface area (Å²) in [6.07, 6.45) is 3.74. The SMILES string of the molecule is O=C(CCl)NCc1nnc(C2CCC2)s1. The molecule has 0 radical (unpaired) electrons. The van der Waals surface area contributed by atoms with Crippen molar-refractivity contribution < 1.29 is 4.79 Å². The minimum atomic E-state index is -0.169. The van der Waals surface area contributed by atoms with Gasteiger partial charge < -0.3 is 5.32 Å². The smallest absolute Gasteiger partial charge is 0.235 e. The predicted octanol–water partition coefficient (Wildman–Crippen LogP) is 1.66. The van der Waals surface area contributed by atoms with Crippen molar-refractivity contribution in [3.63, 3.8) is 0 Å². The van der Waals surface area contributed by atoms with Crippen LogP contribution in [0.5, 0.6) is 0 Å². The summed E-state index contributed by atoms with van der Waals surface area (Å²) in [6, 6.07) is 0. The van der Waals surface area contributed by atoms with Crippen LogP contribution in [-0.2, 0) is 11.3 Å². The van der Waals surface area contributed by atoms with E-state index in [1.165, 1.54) is 19.3 Å². The highest BCUT2D eigenvalue weighted by Gasteiger charge is 2.23. The fraction of sp³-hybridized carbons (Fsp3) is 0.667. The Labute approximate surface area is 97.0 Å². The maximum atomic E-state index is 10.9. The zero-order chi connectivity index (χ0) is 10.7. The molecule has 1 aliphatic carbocycles. The molecule has 82 valence electrons. The number of aromatic nitrogens is 2. The van der Waals surface area contributed by atoms with Gasteiger partial charge in [-0.25, -0.2) is 0 Å². The number of rotatable bonds is 4. The van der Waals surface area contributed by atoms with Crippen molar-refractivity contribution in [2.24, 2.45) is 0 Å². The Morgan fingerprint density at radius 1 is 1.53 bits per heavy atom. The zero-order valence-electron chi connectivity index (χ0n) is 8.20. The Balaban J connectivity index is 1.86. The Morgan fingerprint density at radius 2 is 2.33 bits per heavy atom. The summed E-state index contributed by atoms with van der Waals surface area (Å²) in [5.41, 5.74) is 0. The van der Waals surface area contributed by atoms with Gasteiger partial charge in [0.1, 0.15) is 15.9 Å². The molecule has 0 spiro atoms. The largest absolute Gasteiger partial charge is 0.348 e. The van der Waals surface area contributed by atoms with Crippen LogP contribution in [0.1, 0.15) is 35.2 Å². The highest BCUT2D eigenvalue weighted by molar-refractivity contribution is 7.11. The standard InChI is InChI=1S/C9H12ClN3OS/c10-4-7(14)11-5-8-12-13-9(15-8)6-2-1-3-6/h6H,1-5H2,(H,11,14). The van der Waals surface area contributed by atoms with Crippen LogP contribution >= 0.6 is 22.9 Å². The van der Waals surface area contributed by atoms with Gasteiger partial charge in [0.2, 0.25) is 5.91 Å². The molecule has 0 atom stereocenters. The van der Waals surface area contributed by atoms with Gasteiger partial charge in [-0.3, -0.25) is 4.79 Å². The third kappa shape index (κ3) is 2.66. The van der Waals surface area contributed by atoms with Crippen LogP contribution in [0.25, 0.3) is 0 Å². The Hall–Kier alpha value is -0.680. The summed E-state index contributed by atoms with van der Waals surface area (Å²) in [4.78, 5) is 10.9. The Bertz CT molecular complexity index is 351. The molecule has 1 aliphatic rings. The first-order valence-corrected chi connectivity index (χ1v) is 6.29. The monoisotopic (exact) mass is 245 g/mol. The number of carbonyl (C=O) groups excluding carboxylic acids is 1. The molecule has 4 nitrogen and oxygen atoms in total. The lowest BCUT2D eigenvalue weighted by molar-refractivity contribution is -0.118. The number of amides is 1. The molecule has 0 saturated heterocycles. The second kappa shape index (κ2) is 4.90. The molecular weight excluding hydrogens is 234 g/mol. The van der Waals surface area contributed by atoms with Gasteiger partial charge in [-0.15, -0.1) is 21.8 Å². The van der Waals surface area contributed by atoms with Crippen molar-refractivity contribution in [3.05, 3.63) is 10.0 Å². The lowest BCUT2D eigenvalue weighted by Crippen LogP contribution is -2.23. The third-order valence-corrected chi connectivity index (χ3v) is 3.82. The molecule has 0 aromatic carbocycles. The molecule has 1 heterocycles. The summed E-state index contributed by atoms with van der Waals surface area (Å²) < 4.78 is 0. The topological polar surface area (TPSA) is 54.9 Å². The number of nitrogens with one attached hydrogen (secondary N) is 1. The third-order valence-electron chi connectivity index (χ3n) is 2.50. The molecule has 1 aromatic heterocycles. The first kappa shape index (κ1) is 10.8. The van der Waals surface area contributed by atoms with E-state index in [4.69, 9.17) is 11.6 Å². The fourth-order valence-corrected chi connectivity index (χ4v) is 2.43. The van der Waals surface area contributed by atoms with Crippen LogP contribution in [0.15, 0.2) is 0 Å². The van der Waals surface area contributed by atoms with Gasteiger partial charge >= 0.3 is 0 Å². The van der Waals surface area contributed by atoms with E-state index in [0.717, 1.165) is 10.0 Å². The van der Waals surface area contributed by atoms with E-state index in [2.05, 4.69) is 15.5 Å². The van der Waals surface area contributed by atoms with Gasteiger partial charge in [-0.1, -0.05) is 17.8 Å². The lowest BCUT2D eigenvalue weighted by atomic mass is 9.86. The van der Waals surface area contributed by atoms with Crippen LogP contribution in [0.2, 0.25) is 0 Å². The van der Waals surface area contributed by atoms with Crippen LogP contribution in [0.4, 0.5) is 0 Å². The molecule has 1 aromatic rings. The van der Waals surface area contributed by atoms with E-state index < -0.39 is 0 Å². The summed E-state index contributed by atoms with van der Waals surface area (Å²) in [5.74, 6) is 0.436. The van der Waals surface area contributed by atoms with E-state index >= 15 is 0 Å². The Kier molecular flexibility index (Phi) is 3.53. The van der Waals surface area contributed by atoms with Crippen LogP contribution in [0, 0.1) is 0 Å². The molecule has 15 heavy (non-hydrogen) atoms. The lowest BCUT2D eigenvalue weighted by Gasteiger charge is -2.21. The van der Waals surface area contributed by atoms with E-state index in [0.29, 0.717) is 12.5 Å². The quantitative estimate of drug-likeness (QED) is 0.821. The van der Waals surface area contributed by atoms with Crippen molar-refractivity contribution in [1.29, 1.82) is 0 Å². The van der Waals surface area contributed by atoms with Crippen molar-refractivity contribution in [2.45, 2.75) is 31.7 Å². The average Bonchev–Trinajstić information content (AvgIpc) is 2.60. The molecule has 0 unspecified atom stereocenters. The van der Waals surface area contributed by atoms with Crippen molar-refractivity contribution in [2.75, 3.05) is 5.88 Å². The first-order chi connectivity index (χ1) is 7.29. The van der Waals surface area contributed by atoms with E-state index in [9.17, 15) is 4.79 Å². The number of hydrogen-bond donors (Lipinski definition) is 1. The van der Waals surface area contributed by atoms with Gasteiger partial charge in [-0.05, 0) is 12.8 Å². The second-order valence-electron chi connectivity index (χ2n) is 3.57. The van der Waals surface area contributed by atoms with E-state index in [-0.39, 0.29) is 11.8 Å². The normalized spacial score (nSPS) is 16.1. The molecule has 6 heteroatoms. The summed E-state index contributed by atoms with van der Waals surface area (Å²) in [7, 11) is 0. The second-order valence-corrected chi connectivity index (χ2v) is 4.93. The fourth-order valence-electron chi connectivity index (χ4n) is 1.38. The minimum Gasteiger partial charge on any atom is -0.348 e. The number of carbonyl (C=O) groups is 1. The first-order valence-electron chi connectivity index (χ1n) is 4.94. The molecule has 0 aliphatic heterocycles. The Morgan fingerprint density at radius 3 is 2.93 bits per heavy atom. The maximum absolute atomic E-state index is 10.9. The van der Waals surface area contributed by atoms with Crippen molar-refractivity contribution in [3.8, 4) is 0 Å². The highest BCUT2D eigenvalue weighted by atomic mass is 35.5. The predicted molar refractivity (Wildman–Crippen MR) is 59.1 cm³/mol. The highest BCUT2D eigenvalue weighted by Crippen LogP contribution is 2.37. The van der Waals surface area contributed by atoms with E-state index in [1.807, 2.05) is 0 Å². The molecular formula is C9H12ClN3OS. The zero-order valence-corrected chi connectivity index (χ0v) is 9.77. The number of alkyl halides is 1. The van der Waals surface area contributed by atoms with Crippen molar-refractivity contribution >= 4 is 28.8 Å². The average molecular weight is 246 g/mol. The van der Waals surface area contributed by atoms with Crippen LogP contribution < -0.4 is 5.32 Å². The number of nitrogens with zero attached hydrogens (tertiary/aromatic N) is 2. The van der Waals surface area contributed by atoms with Gasteiger partial charge in [0.25, 0.3) is 0 Å². The van der Waals surface area contributed by atoms with Gasteiger partial charge in [0, 0.05) is 5.92 Å². The summed E-state index contributed by atoms with van der Waals surface area (Å²) >= 11 is 6.95. The summed E-state index contributed by atoms with van der Waals surface area (Å²) in [6.45, 7) is 0.440. The van der Waals surface area contributed by atoms with Crippen LogP contribution in [-0.4, -0.2) is 22.0 Å². The minimum absolute atomic E-state index is 0.00567. The van der Waals surface area contributed by atoms with E-state index in [1.54, 1.807) is 11.3 Å². The van der Waals surface area contributed by atoms with Crippen molar-refractivity contribution in [1.82, 2.24) is 15.5 Å². The molecule has 1 amide bonds. The van der Waals surface area contributed by atoms with Gasteiger partial charge in [-0.2, -0.15) is 0 Å². The van der Waals surface area contributed by atoms with Gasteiger partial charge in [0.05, 0.1) is 6.54 Å². The molecule has 0 bridgehead atoms.